The number of alkyl carbamates (subject to hydrolysis) is 2. The Morgan fingerprint density at radius 1 is 0.698 bits per heavy atom. The minimum Gasteiger partial charge on any atom is -0.444 e. The van der Waals surface area contributed by atoms with Crippen LogP contribution in [0.3, 0.4) is 0 Å². The first-order valence-electron chi connectivity index (χ1n) is 14.3. The fourth-order valence-electron chi connectivity index (χ4n) is 4.35. The summed E-state index contributed by atoms with van der Waals surface area (Å²) in [6.45, 7) is 17.7. The lowest BCUT2D eigenvalue weighted by Crippen LogP contribution is -2.47. The highest BCUT2D eigenvalue weighted by molar-refractivity contribution is 6.02. The lowest BCUT2D eigenvalue weighted by Gasteiger charge is -2.22. The first kappa shape index (κ1) is 33.3. The van der Waals surface area contributed by atoms with Gasteiger partial charge in [-0.1, -0.05) is 24.3 Å². The molecule has 0 unspecified atom stereocenters. The number of hydrogen-bond acceptors (Lipinski definition) is 7. The number of aliphatic imine (C=N–C) groups is 2. The number of carbonyl (C=O) groups is 3. The van der Waals surface area contributed by atoms with Crippen molar-refractivity contribution in [3.63, 3.8) is 0 Å². The molecule has 1 aliphatic rings. The summed E-state index contributed by atoms with van der Waals surface area (Å²) in [4.78, 5) is 45.6. The van der Waals surface area contributed by atoms with Gasteiger partial charge in [0.25, 0.3) is 0 Å². The van der Waals surface area contributed by atoms with Gasteiger partial charge in [0.1, 0.15) is 16.8 Å². The third-order valence-corrected chi connectivity index (χ3v) is 5.84. The van der Waals surface area contributed by atoms with Crippen molar-refractivity contribution in [1.82, 2.24) is 10.6 Å². The summed E-state index contributed by atoms with van der Waals surface area (Å²) in [7, 11) is 0. The fourth-order valence-corrected chi connectivity index (χ4v) is 4.35. The first-order valence-corrected chi connectivity index (χ1v) is 14.3. The van der Waals surface area contributed by atoms with E-state index in [0.717, 1.165) is 23.1 Å². The molecule has 2 aromatic rings. The van der Waals surface area contributed by atoms with Crippen molar-refractivity contribution in [2.45, 2.75) is 105 Å². The molecule has 2 N–H and O–H groups in total. The summed E-state index contributed by atoms with van der Waals surface area (Å²) in [5, 5.41) is 5.03. The summed E-state index contributed by atoms with van der Waals surface area (Å²) < 4.78 is 16.0. The summed E-state index contributed by atoms with van der Waals surface area (Å²) in [6, 6.07) is 12.1. The quantitative estimate of drug-likeness (QED) is 0.189. The van der Waals surface area contributed by atoms with E-state index in [1.807, 2.05) is 52.0 Å². The van der Waals surface area contributed by atoms with Gasteiger partial charge in [0, 0.05) is 12.1 Å². The van der Waals surface area contributed by atoms with Gasteiger partial charge in [-0.15, -0.1) is 0 Å². The number of nitrogens with zero attached hydrogens (tertiary/aromatic N) is 2. The molecule has 0 atom stereocenters. The van der Waals surface area contributed by atoms with Crippen LogP contribution in [0, 0.1) is 0 Å². The maximum absolute atomic E-state index is 12.5. The highest BCUT2D eigenvalue weighted by Crippen LogP contribution is 2.31. The zero-order valence-electron chi connectivity index (χ0n) is 26.9. The van der Waals surface area contributed by atoms with E-state index in [-0.39, 0.29) is 5.96 Å². The third kappa shape index (κ3) is 11.5. The summed E-state index contributed by atoms with van der Waals surface area (Å²) >= 11 is 0. The van der Waals surface area contributed by atoms with Gasteiger partial charge in [0.05, 0.1) is 5.69 Å². The Morgan fingerprint density at radius 2 is 1.19 bits per heavy atom. The molecular formula is C33H44N4O6. The lowest BCUT2D eigenvalue weighted by molar-refractivity contribution is 0.0541. The van der Waals surface area contributed by atoms with Crippen molar-refractivity contribution in [2.75, 3.05) is 0 Å². The molecule has 0 aromatic heterocycles. The Bertz CT molecular complexity index is 1410. The van der Waals surface area contributed by atoms with Crippen molar-refractivity contribution in [3.8, 4) is 0 Å². The number of rotatable bonds is 3. The van der Waals surface area contributed by atoms with Crippen LogP contribution in [0.4, 0.5) is 20.1 Å². The zero-order chi connectivity index (χ0) is 32.2. The third-order valence-electron chi connectivity index (χ3n) is 5.84. The maximum Gasteiger partial charge on any atom is 0.434 e. The summed E-state index contributed by atoms with van der Waals surface area (Å²) in [5.41, 5.74) is 4.91. The number of nitrogens with one attached hydrogen (secondary N) is 2. The van der Waals surface area contributed by atoms with Crippen LogP contribution in [0.25, 0.3) is 0 Å². The van der Waals surface area contributed by atoms with Crippen LogP contribution in [0.1, 0.15) is 97.1 Å². The van der Waals surface area contributed by atoms with Gasteiger partial charge < -0.3 is 14.2 Å². The van der Waals surface area contributed by atoms with Gasteiger partial charge >= 0.3 is 18.3 Å². The van der Waals surface area contributed by atoms with Gasteiger partial charge in [-0.2, -0.15) is 4.99 Å². The highest BCUT2D eigenvalue weighted by atomic mass is 16.6. The van der Waals surface area contributed by atoms with E-state index in [1.165, 1.54) is 11.1 Å². The van der Waals surface area contributed by atoms with Crippen LogP contribution in [-0.2, 0) is 33.5 Å². The zero-order valence-corrected chi connectivity index (χ0v) is 26.9. The van der Waals surface area contributed by atoms with Crippen molar-refractivity contribution in [1.29, 1.82) is 0 Å². The van der Waals surface area contributed by atoms with E-state index >= 15 is 0 Å². The molecule has 10 heteroatoms. The monoisotopic (exact) mass is 592 g/mol. The molecule has 0 spiro atoms. The number of hydrogen-bond donors (Lipinski definition) is 2. The summed E-state index contributed by atoms with van der Waals surface area (Å²) in [6.07, 6.45) is -0.100. The standard InChI is InChI=1S/C33H44N4O6/c1-20(34-28(38)41-31(2,3)4)15-21-11-12-22-18-25-19-26(14-13-23(25)17-24(22)16-21)35-27(36-29(39)42-32(5,6)7)37-30(40)43-33(8,9)10/h11-14,16,19H,15,17-18H2,1-10H3,(H2,35,36,37,39,40)/b34-20-. The Balaban J connectivity index is 1.78. The van der Waals surface area contributed by atoms with Crippen molar-refractivity contribution in [3.05, 3.63) is 64.2 Å². The van der Waals surface area contributed by atoms with Gasteiger partial charge in [0.15, 0.2) is 0 Å². The number of carbonyl (C=O) groups excluding carboxylic acids is 3. The Kier molecular flexibility index (Phi) is 10.0. The molecule has 0 aliphatic heterocycles. The number of ether oxygens (including phenoxy) is 3. The Hall–Kier alpha value is -4.21. The minimum absolute atomic E-state index is 0.104. The molecule has 0 fully saturated rings. The Morgan fingerprint density at radius 3 is 1.70 bits per heavy atom. The van der Waals surface area contributed by atoms with E-state index in [1.54, 1.807) is 41.5 Å². The molecule has 0 bridgehead atoms. The second-order valence-corrected chi connectivity index (χ2v) is 13.6. The predicted octanol–water partition coefficient (Wildman–Crippen LogP) is 7.16. The molecule has 2 aromatic carbocycles. The lowest BCUT2D eigenvalue weighted by atomic mass is 9.84. The SMILES string of the molecule is C/C(Cc1ccc2c(c1)Cc1ccc(N=C(NC(=O)OC(C)(C)C)NC(=O)OC(C)(C)C)cc1C2)=N/C(=O)OC(C)(C)C. The van der Waals surface area contributed by atoms with E-state index < -0.39 is 35.1 Å². The molecule has 3 rings (SSSR count). The number of guanidine groups is 1. The highest BCUT2D eigenvalue weighted by Gasteiger charge is 2.22. The molecule has 0 radical (unpaired) electrons. The number of amides is 3. The number of fused-ring (bicyclic) bond motifs is 2. The average molecular weight is 593 g/mol. The average Bonchev–Trinajstić information content (AvgIpc) is 2.78. The van der Waals surface area contributed by atoms with Crippen molar-refractivity contribution < 1.29 is 28.6 Å². The maximum atomic E-state index is 12.5. The second-order valence-electron chi connectivity index (χ2n) is 13.6. The smallest absolute Gasteiger partial charge is 0.434 e. The van der Waals surface area contributed by atoms with Crippen LogP contribution in [0.5, 0.6) is 0 Å². The van der Waals surface area contributed by atoms with Crippen LogP contribution in [0.2, 0.25) is 0 Å². The fraction of sp³-hybridized carbons (Fsp3) is 0.485. The second kappa shape index (κ2) is 13.0. The molecule has 0 heterocycles. The molecule has 43 heavy (non-hydrogen) atoms. The molecule has 0 saturated heterocycles. The van der Waals surface area contributed by atoms with E-state index in [2.05, 4.69) is 32.8 Å². The molecular weight excluding hydrogens is 548 g/mol. The van der Waals surface area contributed by atoms with Gasteiger partial charge in [-0.05, 0) is 122 Å². The van der Waals surface area contributed by atoms with Gasteiger partial charge in [-0.25, -0.2) is 19.4 Å². The van der Waals surface area contributed by atoms with Crippen LogP contribution in [-0.4, -0.2) is 46.8 Å². The molecule has 1 aliphatic carbocycles. The molecule has 232 valence electrons. The van der Waals surface area contributed by atoms with Crippen LogP contribution >= 0.6 is 0 Å². The molecule has 3 amide bonds. The topological polar surface area (TPSA) is 128 Å². The minimum atomic E-state index is -0.753. The Labute approximate surface area is 254 Å². The molecule has 10 nitrogen and oxygen atoms in total. The van der Waals surface area contributed by atoms with Crippen LogP contribution in [0.15, 0.2) is 46.4 Å². The van der Waals surface area contributed by atoms with Gasteiger partial charge in [-0.3, -0.25) is 10.6 Å². The number of benzene rings is 2. The van der Waals surface area contributed by atoms with Gasteiger partial charge in [0.2, 0.25) is 5.96 Å². The van der Waals surface area contributed by atoms with E-state index in [0.29, 0.717) is 24.2 Å². The van der Waals surface area contributed by atoms with Crippen molar-refractivity contribution in [2.24, 2.45) is 9.98 Å². The van der Waals surface area contributed by atoms with Crippen LogP contribution < -0.4 is 10.6 Å². The summed E-state index contributed by atoms with van der Waals surface area (Å²) in [5.74, 6) is -0.104. The molecule has 0 saturated carbocycles. The normalized spacial score (nSPS) is 13.2. The first-order chi connectivity index (χ1) is 19.7. The predicted molar refractivity (Wildman–Crippen MR) is 167 cm³/mol. The van der Waals surface area contributed by atoms with E-state index in [4.69, 9.17) is 14.2 Å². The largest absolute Gasteiger partial charge is 0.444 e. The van der Waals surface area contributed by atoms with E-state index in [9.17, 15) is 14.4 Å². The van der Waals surface area contributed by atoms with Crippen molar-refractivity contribution >= 4 is 35.6 Å².